The Morgan fingerprint density at radius 2 is 0.500 bits per heavy atom. The number of aliphatic hydroxyl groups excluding tert-OH is 1. The topological polar surface area (TPSA) is 237 Å². The molecule has 0 aromatic carbocycles. The molecule has 108 heavy (non-hydrogen) atoms. The number of unbranched alkanes of at least 4 members (excludes halogenated alkanes) is 31. The second-order valence-corrected chi connectivity index (χ2v) is 30.9. The van der Waals surface area contributed by atoms with Gasteiger partial charge in [-0.2, -0.15) is 0 Å². The van der Waals surface area contributed by atoms with E-state index < -0.39 is 97.5 Å². The summed E-state index contributed by atoms with van der Waals surface area (Å²) in [6.07, 6.45) is 91.4. The molecular weight excluding hydrogens is 1400 g/mol. The first-order valence-corrected chi connectivity index (χ1v) is 45.4. The number of rotatable bonds is 79. The van der Waals surface area contributed by atoms with Gasteiger partial charge in [-0.15, -0.1) is 0 Å². The van der Waals surface area contributed by atoms with E-state index in [4.69, 9.17) is 37.0 Å². The van der Waals surface area contributed by atoms with Crippen molar-refractivity contribution in [2.24, 2.45) is 0 Å². The Bertz CT molecular complexity index is 2560. The lowest BCUT2D eigenvalue weighted by Crippen LogP contribution is -2.30. The largest absolute Gasteiger partial charge is 0.472 e. The summed E-state index contributed by atoms with van der Waals surface area (Å²) in [7, 11) is -9.99. The maximum absolute atomic E-state index is 13.1. The van der Waals surface area contributed by atoms with Crippen LogP contribution in [0, 0.1) is 0 Å². The van der Waals surface area contributed by atoms with E-state index in [9.17, 15) is 43.2 Å². The van der Waals surface area contributed by atoms with E-state index in [0.717, 1.165) is 161 Å². The number of hydrogen-bond acceptors (Lipinski definition) is 15. The highest BCUT2D eigenvalue weighted by molar-refractivity contribution is 7.47. The molecule has 0 aromatic rings. The first-order valence-electron chi connectivity index (χ1n) is 42.4. The van der Waals surface area contributed by atoms with Gasteiger partial charge in [0.25, 0.3) is 0 Å². The normalized spacial score (nSPS) is 14.5. The average Bonchev–Trinajstić information content (AvgIpc) is 0.923. The van der Waals surface area contributed by atoms with Crippen LogP contribution in [-0.4, -0.2) is 96.7 Å². The molecule has 0 aliphatic heterocycles. The molecule has 0 heterocycles. The van der Waals surface area contributed by atoms with Gasteiger partial charge in [0.2, 0.25) is 0 Å². The molecule has 5 unspecified atom stereocenters. The van der Waals surface area contributed by atoms with E-state index in [1.165, 1.54) is 103 Å². The van der Waals surface area contributed by atoms with Gasteiger partial charge in [-0.25, -0.2) is 9.13 Å². The summed E-state index contributed by atoms with van der Waals surface area (Å²) in [6.45, 7) is 4.64. The van der Waals surface area contributed by atoms with Gasteiger partial charge in [0.15, 0.2) is 12.2 Å². The molecule has 620 valence electrons. The summed E-state index contributed by atoms with van der Waals surface area (Å²) in [4.78, 5) is 73.2. The molecule has 0 amide bonds. The molecule has 0 radical (unpaired) electrons. The smallest absolute Gasteiger partial charge is 0.462 e. The Morgan fingerprint density at radius 3 is 0.815 bits per heavy atom. The number of aliphatic hydroxyl groups is 1. The first kappa shape index (κ1) is 103. The molecule has 0 fully saturated rings. The SMILES string of the molecule is CC/C=C\C/C=C\C/C=C\C/C=C\C/C=C\C/C=C\CCC(=O)OCC(COP(=O)(O)OCC(O)COP(=O)(O)OCC(COC(=O)CCCCCCCC/C=C\C/C=C\C/C=C\CCCCC)OC(=O)CCCCCCC/C=C\C/C=C\CCCCC)OC(=O)CCCCCCCCCCCCCCCCC. The molecule has 17 nitrogen and oxygen atoms in total. The van der Waals surface area contributed by atoms with Crippen LogP contribution in [0.4, 0.5) is 0 Å². The third-order valence-electron chi connectivity index (χ3n) is 17.6. The van der Waals surface area contributed by atoms with Crippen LogP contribution in [-0.2, 0) is 65.4 Å². The second kappa shape index (κ2) is 80.3. The lowest BCUT2D eigenvalue weighted by molar-refractivity contribution is -0.161. The molecule has 0 saturated carbocycles. The van der Waals surface area contributed by atoms with E-state index >= 15 is 0 Å². The quantitative estimate of drug-likeness (QED) is 0.0169. The molecule has 0 aromatic heterocycles. The number of carbonyl (C=O) groups is 4. The molecule has 3 N–H and O–H groups in total. The molecular formula is C89H152O17P2. The van der Waals surface area contributed by atoms with Gasteiger partial charge in [-0.3, -0.25) is 37.3 Å². The molecule has 0 saturated heterocycles. The first-order chi connectivity index (χ1) is 52.7. The van der Waals surface area contributed by atoms with E-state index in [2.05, 4.69) is 143 Å². The Labute approximate surface area is 656 Å². The zero-order chi connectivity index (χ0) is 78.9. The Morgan fingerprint density at radius 1 is 0.269 bits per heavy atom. The third kappa shape index (κ3) is 79.3. The van der Waals surface area contributed by atoms with E-state index in [1.54, 1.807) is 0 Å². The lowest BCUT2D eigenvalue weighted by atomic mass is 10.0. The predicted molar refractivity (Wildman–Crippen MR) is 445 cm³/mol. The van der Waals surface area contributed by atoms with Crippen molar-refractivity contribution in [3.05, 3.63) is 134 Å². The van der Waals surface area contributed by atoms with Crippen LogP contribution in [0.2, 0.25) is 0 Å². The van der Waals surface area contributed by atoms with Crippen LogP contribution < -0.4 is 0 Å². The second-order valence-electron chi connectivity index (χ2n) is 28.0. The van der Waals surface area contributed by atoms with E-state index in [0.29, 0.717) is 32.1 Å². The minimum atomic E-state index is -5.00. The number of carbonyl (C=O) groups excluding carboxylic acids is 4. The maximum Gasteiger partial charge on any atom is 0.472 e. The van der Waals surface area contributed by atoms with Crippen LogP contribution in [0.1, 0.15) is 349 Å². The summed E-state index contributed by atoms with van der Waals surface area (Å²) in [6, 6.07) is 0. The van der Waals surface area contributed by atoms with Gasteiger partial charge >= 0.3 is 39.5 Å². The van der Waals surface area contributed by atoms with Crippen LogP contribution >= 0.6 is 15.6 Å². The molecule has 0 spiro atoms. The highest BCUT2D eigenvalue weighted by atomic mass is 31.2. The summed E-state index contributed by atoms with van der Waals surface area (Å²) in [5.74, 6) is -2.29. The van der Waals surface area contributed by atoms with Crippen LogP contribution in [0.3, 0.4) is 0 Å². The maximum atomic E-state index is 13.1. The van der Waals surface area contributed by atoms with Crippen molar-refractivity contribution in [1.29, 1.82) is 0 Å². The fraction of sp³-hybridized carbons (Fsp3) is 0.708. The number of phosphoric ester groups is 2. The Hall–Kier alpha value is -4.80. The van der Waals surface area contributed by atoms with Crippen molar-refractivity contribution >= 4 is 39.5 Å². The summed E-state index contributed by atoms with van der Waals surface area (Å²) in [5, 5.41) is 10.7. The van der Waals surface area contributed by atoms with E-state index in [-0.39, 0.29) is 25.7 Å². The van der Waals surface area contributed by atoms with Crippen molar-refractivity contribution in [3.8, 4) is 0 Å². The fourth-order valence-corrected chi connectivity index (χ4v) is 12.7. The Balaban J connectivity index is 5.44. The van der Waals surface area contributed by atoms with Crippen molar-refractivity contribution in [1.82, 2.24) is 0 Å². The van der Waals surface area contributed by atoms with Crippen molar-refractivity contribution in [2.45, 2.75) is 367 Å². The molecule has 5 atom stereocenters. The molecule has 0 aliphatic rings. The van der Waals surface area contributed by atoms with Crippen molar-refractivity contribution < 1.29 is 80.2 Å². The number of ether oxygens (including phenoxy) is 4. The number of esters is 4. The summed E-state index contributed by atoms with van der Waals surface area (Å²) < 4.78 is 68.7. The lowest BCUT2D eigenvalue weighted by Gasteiger charge is -2.21. The molecule has 0 rings (SSSR count). The number of phosphoric acid groups is 2. The number of hydrogen-bond donors (Lipinski definition) is 3. The van der Waals surface area contributed by atoms with Gasteiger partial charge < -0.3 is 33.8 Å². The minimum Gasteiger partial charge on any atom is -0.462 e. The van der Waals surface area contributed by atoms with Crippen LogP contribution in [0.25, 0.3) is 0 Å². The van der Waals surface area contributed by atoms with Gasteiger partial charge in [0.1, 0.15) is 19.3 Å². The van der Waals surface area contributed by atoms with Gasteiger partial charge in [-0.05, 0) is 135 Å². The Kier molecular flexibility index (Phi) is 76.7. The zero-order valence-corrected chi connectivity index (χ0v) is 69.8. The van der Waals surface area contributed by atoms with Crippen LogP contribution in [0.5, 0.6) is 0 Å². The van der Waals surface area contributed by atoms with Gasteiger partial charge in [0.05, 0.1) is 26.4 Å². The van der Waals surface area contributed by atoms with Gasteiger partial charge in [0, 0.05) is 25.7 Å². The zero-order valence-electron chi connectivity index (χ0n) is 68.0. The monoisotopic (exact) mass is 1560 g/mol. The summed E-state index contributed by atoms with van der Waals surface area (Å²) in [5.41, 5.74) is 0. The molecule has 0 bridgehead atoms. The van der Waals surface area contributed by atoms with Gasteiger partial charge in [-0.1, -0.05) is 322 Å². The molecule has 0 aliphatic carbocycles. The number of allylic oxidation sites excluding steroid dienone is 22. The predicted octanol–water partition coefficient (Wildman–Crippen LogP) is 25.2. The van der Waals surface area contributed by atoms with Crippen molar-refractivity contribution in [2.75, 3.05) is 39.6 Å². The van der Waals surface area contributed by atoms with Crippen LogP contribution in [0.15, 0.2) is 134 Å². The fourth-order valence-electron chi connectivity index (χ4n) is 11.2. The summed E-state index contributed by atoms with van der Waals surface area (Å²) >= 11 is 0. The minimum absolute atomic E-state index is 0.0353. The van der Waals surface area contributed by atoms with E-state index in [1.807, 2.05) is 18.2 Å². The standard InChI is InChI=1S/C89H152O17P2/c1-5-9-13-17-21-25-29-33-37-39-41-43-47-49-53-57-61-65-69-73-86(91)99-79-84(105-88(93)75-71-67-63-59-55-51-45-35-31-27-23-19-15-11-7-3)81-103-107(95,96)101-77-83(90)78-102-108(97,98)104-82-85(106-89(94)76-72-68-64-60-56-52-46-36-32-28-24-20-16-12-8-4)80-100-87(92)74-70-66-62-58-54-50-48-44-42-40-38-34-30-26-22-18-14-10-6-2/h9,13,21-22,24-26,28,33-34,36-38,41-44,46,49,53,61,65,83-85,90H,5-8,10-12,14-20,23,27,29-32,35,39-40,45,47-48,50-52,54-60,62-64,66-82H2,1-4H3,(H,95,96)(H,97,98)/b13-9-,25-21-,26-22-,28-24-,37-33-,38-34-,43-41-,44-42-,46-36-,53-49-,65-61-. The van der Waals surface area contributed by atoms with Crippen molar-refractivity contribution in [3.63, 3.8) is 0 Å². The molecule has 19 heteroatoms. The third-order valence-corrected chi connectivity index (χ3v) is 19.5. The average molecular weight is 1560 g/mol. The highest BCUT2D eigenvalue weighted by Crippen LogP contribution is 2.45. The highest BCUT2D eigenvalue weighted by Gasteiger charge is 2.30.